The Kier molecular flexibility index (Phi) is 6.57. The first-order valence-electron chi connectivity index (χ1n) is 10.2. The lowest BCUT2D eigenvalue weighted by atomic mass is 10.2. The molecule has 8 heteroatoms. The molecule has 0 atom stereocenters. The third kappa shape index (κ3) is 5.08. The molecule has 1 aromatic heterocycles. The second kappa shape index (κ2) is 9.70. The number of carbonyl (C=O) groups is 2. The summed E-state index contributed by atoms with van der Waals surface area (Å²) in [6, 6.07) is 17.4. The van der Waals surface area contributed by atoms with Gasteiger partial charge in [0.2, 0.25) is 5.91 Å². The maximum absolute atomic E-state index is 12.7. The first-order chi connectivity index (χ1) is 15.1. The van der Waals surface area contributed by atoms with Crippen molar-refractivity contribution in [3.8, 4) is 5.69 Å². The van der Waals surface area contributed by atoms with Crippen molar-refractivity contribution in [2.45, 2.75) is 12.1 Å². The van der Waals surface area contributed by atoms with Crippen molar-refractivity contribution in [2.75, 3.05) is 37.2 Å². The second-order valence-electron chi connectivity index (χ2n) is 7.32. The lowest BCUT2D eigenvalue weighted by molar-refractivity contribution is -0.129. The molecule has 2 aromatic carbocycles. The minimum Gasteiger partial charge on any atom is -0.338 e. The largest absolute Gasteiger partial charge is 0.338 e. The van der Waals surface area contributed by atoms with E-state index < -0.39 is 0 Å². The fourth-order valence-electron chi connectivity index (χ4n) is 3.51. The van der Waals surface area contributed by atoms with E-state index in [9.17, 15) is 9.59 Å². The van der Waals surface area contributed by atoms with Crippen LogP contribution in [-0.2, 0) is 4.79 Å². The van der Waals surface area contributed by atoms with Crippen LogP contribution < -0.4 is 5.32 Å². The molecule has 0 saturated carbocycles. The van der Waals surface area contributed by atoms with Crippen LogP contribution in [-0.4, -0.2) is 63.2 Å². The normalized spacial score (nSPS) is 13.8. The molecule has 0 bridgehead atoms. The molecule has 0 unspecified atom stereocenters. The Balaban J connectivity index is 1.28. The van der Waals surface area contributed by atoms with E-state index >= 15 is 0 Å². The van der Waals surface area contributed by atoms with E-state index in [2.05, 4.69) is 23.3 Å². The van der Waals surface area contributed by atoms with E-state index in [1.807, 2.05) is 64.2 Å². The number of piperazine rings is 1. The summed E-state index contributed by atoms with van der Waals surface area (Å²) in [4.78, 5) is 33.1. The number of hydrogen-bond acceptors (Lipinski definition) is 4. The molecule has 7 nitrogen and oxygen atoms in total. The van der Waals surface area contributed by atoms with Gasteiger partial charge in [-0.05, 0) is 30.7 Å². The average molecular weight is 436 g/mol. The summed E-state index contributed by atoms with van der Waals surface area (Å²) in [5, 5.41) is 3.69. The van der Waals surface area contributed by atoms with Crippen LogP contribution in [0.5, 0.6) is 0 Å². The highest BCUT2D eigenvalue weighted by atomic mass is 32.2. The van der Waals surface area contributed by atoms with E-state index in [4.69, 9.17) is 0 Å². The first-order valence-corrected chi connectivity index (χ1v) is 11.2. The van der Waals surface area contributed by atoms with Crippen LogP contribution in [0.1, 0.15) is 5.56 Å². The number of nitrogens with zero attached hydrogens (tertiary/aromatic N) is 4. The van der Waals surface area contributed by atoms with E-state index in [0.717, 1.165) is 22.1 Å². The zero-order valence-electron chi connectivity index (χ0n) is 17.4. The van der Waals surface area contributed by atoms with Crippen LogP contribution in [0.15, 0.2) is 72.1 Å². The Morgan fingerprint density at radius 3 is 2.39 bits per heavy atom. The number of hydrogen-bond donors (Lipinski definition) is 1. The lowest BCUT2D eigenvalue weighted by Gasteiger charge is -2.34. The molecule has 1 aliphatic rings. The van der Waals surface area contributed by atoms with Crippen molar-refractivity contribution < 1.29 is 9.59 Å². The van der Waals surface area contributed by atoms with Gasteiger partial charge < -0.3 is 15.1 Å². The summed E-state index contributed by atoms with van der Waals surface area (Å²) >= 11 is 1.44. The second-order valence-corrected chi connectivity index (χ2v) is 8.26. The van der Waals surface area contributed by atoms with Gasteiger partial charge in [0.25, 0.3) is 0 Å². The first kappa shape index (κ1) is 21.0. The SMILES string of the molecule is Cc1ccccc1-n1ccnc1SCC(=O)N1CCN(C(=O)Nc2ccccc2)CC1. The summed E-state index contributed by atoms with van der Waals surface area (Å²) in [5.41, 5.74) is 2.98. The highest BCUT2D eigenvalue weighted by Gasteiger charge is 2.24. The Morgan fingerprint density at radius 2 is 1.65 bits per heavy atom. The topological polar surface area (TPSA) is 70.5 Å². The molecule has 4 rings (SSSR count). The zero-order chi connectivity index (χ0) is 21.6. The van der Waals surface area contributed by atoms with Gasteiger partial charge in [0.1, 0.15) is 0 Å². The summed E-state index contributed by atoms with van der Waals surface area (Å²) < 4.78 is 2.01. The van der Waals surface area contributed by atoms with Gasteiger partial charge in [0.15, 0.2) is 5.16 Å². The molecule has 2 heterocycles. The Morgan fingerprint density at radius 1 is 0.968 bits per heavy atom. The monoisotopic (exact) mass is 435 g/mol. The number of aromatic nitrogens is 2. The van der Waals surface area contributed by atoms with Gasteiger partial charge in [0, 0.05) is 44.3 Å². The van der Waals surface area contributed by atoms with Crippen molar-refractivity contribution >= 4 is 29.4 Å². The Bertz CT molecular complexity index is 1040. The number of imidazole rings is 1. The molecule has 0 spiro atoms. The van der Waals surface area contributed by atoms with Crippen LogP contribution in [0.2, 0.25) is 0 Å². The molecule has 1 saturated heterocycles. The molecular weight excluding hydrogens is 410 g/mol. The highest BCUT2D eigenvalue weighted by molar-refractivity contribution is 7.99. The Hall–Kier alpha value is -3.26. The van der Waals surface area contributed by atoms with Crippen molar-refractivity contribution in [1.82, 2.24) is 19.4 Å². The van der Waals surface area contributed by atoms with E-state index in [-0.39, 0.29) is 11.9 Å². The third-order valence-corrected chi connectivity index (χ3v) is 6.20. The van der Waals surface area contributed by atoms with E-state index in [0.29, 0.717) is 31.9 Å². The minimum atomic E-state index is -0.132. The van der Waals surface area contributed by atoms with Gasteiger partial charge in [-0.2, -0.15) is 0 Å². The summed E-state index contributed by atoms with van der Waals surface area (Å²) in [7, 11) is 0. The smallest absolute Gasteiger partial charge is 0.321 e. The summed E-state index contributed by atoms with van der Waals surface area (Å²) in [6.45, 7) is 4.17. The highest BCUT2D eigenvalue weighted by Crippen LogP contribution is 2.23. The van der Waals surface area contributed by atoms with Crippen molar-refractivity contribution in [2.24, 2.45) is 0 Å². The van der Waals surface area contributed by atoms with Gasteiger partial charge in [0.05, 0.1) is 11.4 Å². The molecule has 1 N–H and O–H groups in total. The molecule has 31 heavy (non-hydrogen) atoms. The van der Waals surface area contributed by atoms with Crippen LogP contribution in [0.3, 0.4) is 0 Å². The number of nitrogens with one attached hydrogen (secondary N) is 1. The molecule has 3 amide bonds. The fraction of sp³-hybridized carbons (Fsp3) is 0.261. The summed E-state index contributed by atoms with van der Waals surface area (Å²) in [6.07, 6.45) is 3.67. The van der Waals surface area contributed by atoms with E-state index in [1.54, 1.807) is 11.1 Å². The van der Waals surface area contributed by atoms with Gasteiger partial charge >= 0.3 is 6.03 Å². The van der Waals surface area contributed by atoms with Crippen LogP contribution in [0.4, 0.5) is 10.5 Å². The molecular formula is C23H25N5O2S. The van der Waals surface area contributed by atoms with Crippen molar-refractivity contribution in [1.29, 1.82) is 0 Å². The number of aryl methyl sites for hydroxylation is 1. The minimum absolute atomic E-state index is 0.0625. The maximum Gasteiger partial charge on any atom is 0.321 e. The predicted molar refractivity (Wildman–Crippen MR) is 123 cm³/mol. The van der Waals surface area contributed by atoms with Gasteiger partial charge in [-0.15, -0.1) is 0 Å². The van der Waals surface area contributed by atoms with Crippen molar-refractivity contribution in [3.63, 3.8) is 0 Å². The fourth-order valence-corrected chi connectivity index (χ4v) is 4.38. The average Bonchev–Trinajstić information content (AvgIpc) is 3.27. The zero-order valence-corrected chi connectivity index (χ0v) is 18.2. The van der Waals surface area contributed by atoms with Crippen LogP contribution in [0.25, 0.3) is 5.69 Å². The molecule has 0 radical (unpaired) electrons. The molecule has 160 valence electrons. The predicted octanol–water partition coefficient (Wildman–Crippen LogP) is 3.65. The van der Waals surface area contributed by atoms with Crippen LogP contribution in [0, 0.1) is 6.92 Å². The Labute approximate surface area is 186 Å². The van der Waals surface area contributed by atoms with E-state index in [1.165, 1.54) is 11.8 Å². The maximum atomic E-state index is 12.7. The quantitative estimate of drug-likeness (QED) is 0.621. The number of carbonyl (C=O) groups excluding carboxylic acids is 2. The van der Waals surface area contributed by atoms with Gasteiger partial charge in [-0.25, -0.2) is 9.78 Å². The number of thioether (sulfide) groups is 1. The molecule has 0 aliphatic carbocycles. The summed E-state index contributed by atoms with van der Waals surface area (Å²) in [5.74, 6) is 0.381. The van der Waals surface area contributed by atoms with Gasteiger partial charge in [-0.3, -0.25) is 9.36 Å². The molecule has 1 fully saturated rings. The van der Waals surface area contributed by atoms with Gasteiger partial charge in [-0.1, -0.05) is 48.2 Å². The number of rotatable bonds is 5. The van der Waals surface area contributed by atoms with Crippen molar-refractivity contribution in [3.05, 3.63) is 72.6 Å². The number of para-hydroxylation sites is 2. The van der Waals surface area contributed by atoms with Crippen LogP contribution >= 0.6 is 11.8 Å². The standard InChI is InChI=1S/C23H25N5O2S/c1-18-7-5-6-10-20(18)28-12-11-24-23(28)31-17-21(29)26-13-15-27(16-14-26)22(30)25-19-8-3-2-4-9-19/h2-12H,13-17H2,1H3,(H,25,30). The molecule has 3 aromatic rings. The lowest BCUT2D eigenvalue weighted by Crippen LogP contribution is -2.52. The molecule has 1 aliphatic heterocycles. The number of benzene rings is 2. The number of urea groups is 1. The third-order valence-electron chi connectivity index (χ3n) is 5.25. The number of anilines is 1. The number of amides is 3.